The van der Waals surface area contributed by atoms with E-state index in [2.05, 4.69) is 20.9 Å². The van der Waals surface area contributed by atoms with Crippen molar-refractivity contribution < 1.29 is 13.5 Å². The maximum atomic E-state index is 13.0. The molecule has 0 fully saturated rings. The highest BCUT2D eigenvalue weighted by molar-refractivity contribution is 9.08. The molecule has 1 aromatic heterocycles. The Balaban J connectivity index is 1.99. The van der Waals surface area contributed by atoms with Crippen LogP contribution in [-0.4, -0.2) is 4.98 Å². The topological polar surface area (TPSA) is 22.1 Å². The smallest absolute Gasteiger partial charge is 0.159 e. The standard InChI is InChI=1S/C13H10BrF2NO/c14-6-10-2-3-11(7-17-10)18-8-9-1-4-12(15)13(16)5-9/h1-5,7H,6,8H2. The molecule has 0 unspecified atom stereocenters. The first-order chi connectivity index (χ1) is 8.69. The van der Waals surface area contributed by atoms with Crippen LogP contribution in [-0.2, 0) is 11.9 Å². The third-order valence-electron chi connectivity index (χ3n) is 2.32. The Morgan fingerprint density at radius 2 is 1.94 bits per heavy atom. The van der Waals surface area contributed by atoms with E-state index in [9.17, 15) is 8.78 Å². The lowest BCUT2D eigenvalue weighted by Gasteiger charge is -2.06. The van der Waals surface area contributed by atoms with E-state index in [0.29, 0.717) is 16.6 Å². The first-order valence-electron chi connectivity index (χ1n) is 5.26. The Morgan fingerprint density at radius 1 is 1.11 bits per heavy atom. The second-order valence-electron chi connectivity index (χ2n) is 3.66. The number of nitrogens with zero attached hydrogens (tertiary/aromatic N) is 1. The lowest BCUT2D eigenvalue weighted by Crippen LogP contribution is -1.98. The van der Waals surface area contributed by atoms with E-state index < -0.39 is 11.6 Å². The van der Waals surface area contributed by atoms with Crippen molar-refractivity contribution in [3.63, 3.8) is 0 Å². The normalized spacial score (nSPS) is 10.4. The molecule has 18 heavy (non-hydrogen) atoms. The van der Waals surface area contributed by atoms with E-state index in [1.54, 1.807) is 12.3 Å². The van der Waals surface area contributed by atoms with E-state index >= 15 is 0 Å². The number of aromatic nitrogens is 1. The van der Waals surface area contributed by atoms with E-state index in [1.807, 2.05) is 6.07 Å². The Bertz CT molecular complexity index is 531. The lowest BCUT2D eigenvalue weighted by atomic mass is 10.2. The molecule has 0 saturated carbocycles. The molecule has 0 N–H and O–H groups in total. The molecule has 0 atom stereocenters. The highest BCUT2D eigenvalue weighted by Gasteiger charge is 2.03. The van der Waals surface area contributed by atoms with Gasteiger partial charge in [-0.05, 0) is 29.8 Å². The van der Waals surface area contributed by atoms with E-state index in [1.165, 1.54) is 6.07 Å². The lowest BCUT2D eigenvalue weighted by molar-refractivity contribution is 0.303. The molecule has 2 aromatic rings. The van der Waals surface area contributed by atoms with Gasteiger partial charge < -0.3 is 4.74 Å². The fourth-order valence-corrected chi connectivity index (χ4v) is 1.70. The van der Waals surface area contributed by atoms with Gasteiger partial charge in [-0.15, -0.1) is 0 Å². The van der Waals surface area contributed by atoms with Gasteiger partial charge in [-0.2, -0.15) is 0 Å². The predicted molar refractivity (Wildman–Crippen MR) is 67.6 cm³/mol. The number of benzene rings is 1. The molecule has 0 amide bonds. The van der Waals surface area contributed by atoms with Crippen LogP contribution in [0.25, 0.3) is 0 Å². The Kier molecular flexibility index (Phi) is 4.25. The summed E-state index contributed by atoms with van der Waals surface area (Å²) in [7, 11) is 0. The molecule has 0 aliphatic carbocycles. The molecule has 5 heteroatoms. The summed E-state index contributed by atoms with van der Waals surface area (Å²) in [6, 6.07) is 7.30. The summed E-state index contributed by atoms with van der Waals surface area (Å²) in [5.74, 6) is -1.14. The number of alkyl halides is 1. The van der Waals surface area contributed by atoms with Crippen molar-refractivity contribution in [1.82, 2.24) is 4.98 Å². The van der Waals surface area contributed by atoms with Crippen LogP contribution in [0.5, 0.6) is 5.75 Å². The van der Waals surface area contributed by atoms with Crippen molar-refractivity contribution >= 4 is 15.9 Å². The van der Waals surface area contributed by atoms with Gasteiger partial charge >= 0.3 is 0 Å². The maximum Gasteiger partial charge on any atom is 0.159 e. The zero-order valence-corrected chi connectivity index (χ0v) is 11.0. The molecule has 1 heterocycles. The van der Waals surface area contributed by atoms with Crippen LogP contribution in [0.1, 0.15) is 11.3 Å². The number of halogens is 3. The van der Waals surface area contributed by atoms with Crippen LogP contribution in [0, 0.1) is 11.6 Å². The molecule has 0 radical (unpaired) electrons. The monoisotopic (exact) mass is 313 g/mol. The second-order valence-corrected chi connectivity index (χ2v) is 4.22. The first kappa shape index (κ1) is 13.0. The van der Waals surface area contributed by atoms with Gasteiger partial charge in [0.15, 0.2) is 11.6 Å². The van der Waals surface area contributed by atoms with Crippen LogP contribution < -0.4 is 4.74 Å². The van der Waals surface area contributed by atoms with E-state index in [4.69, 9.17) is 4.74 Å². The quantitative estimate of drug-likeness (QED) is 0.800. The third-order valence-corrected chi connectivity index (χ3v) is 2.90. The van der Waals surface area contributed by atoms with E-state index in [-0.39, 0.29) is 6.61 Å². The fraction of sp³-hybridized carbons (Fsp3) is 0.154. The van der Waals surface area contributed by atoms with Crippen molar-refractivity contribution in [2.45, 2.75) is 11.9 Å². The molecule has 1 aromatic carbocycles. The van der Waals surface area contributed by atoms with Crippen molar-refractivity contribution in [2.75, 3.05) is 0 Å². The molecule has 2 nitrogen and oxygen atoms in total. The highest BCUT2D eigenvalue weighted by atomic mass is 79.9. The van der Waals surface area contributed by atoms with Crippen molar-refractivity contribution in [1.29, 1.82) is 0 Å². The predicted octanol–water partition coefficient (Wildman–Crippen LogP) is 3.83. The average Bonchev–Trinajstić information content (AvgIpc) is 2.41. The molecule has 0 aliphatic rings. The molecule has 0 spiro atoms. The highest BCUT2D eigenvalue weighted by Crippen LogP contribution is 2.14. The second kappa shape index (κ2) is 5.91. The minimum Gasteiger partial charge on any atom is -0.487 e. The number of hydrogen-bond acceptors (Lipinski definition) is 2. The Hall–Kier alpha value is -1.49. The number of ether oxygens (including phenoxy) is 1. The van der Waals surface area contributed by atoms with Crippen LogP contribution in [0.15, 0.2) is 36.5 Å². The van der Waals surface area contributed by atoms with Gasteiger partial charge in [-0.25, -0.2) is 8.78 Å². The van der Waals surface area contributed by atoms with Gasteiger partial charge in [0.05, 0.1) is 11.9 Å². The van der Waals surface area contributed by atoms with Crippen LogP contribution in [0.4, 0.5) is 8.78 Å². The van der Waals surface area contributed by atoms with E-state index in [0.717, 1.165) is 17.8 Å². The average molecular weight is 314 g/mol. The number of pyridine rings is 1. The van der Waals surface area contributed by atoms with Gasteiger partial charge in [0, 0.05) is 5.33 Å². The third kappa shape index (κ3) is 3.26. The zero-order valence-electron chi connectivity index (χ0n) is 9.37. The zero-order chi connectivity index (χ0) is 13.0. The number of hydrogen-bond donors (Lipinski definition) is 0. The molecular weight excluding hydrogens is 304 g/mol. The van der Waals surface area contributed by atoms with Crippen LogP contribution in [0.3, 0.4) is 0 Å². The summed E-state index contributed by atoms with van der Waals surface area (Å²) in [4.78, 5) is 4.14. The SMILES string of the molecule is Fc1ccc(COc2ccc(CBr)nc2)cc1F. The molecule has 94 valence electrons. The summed E-state index contributed by atoms with van der Waals surface area (Å²) < 4.78 is 31.1. The maximum absolute atomic E-state index is 13.0. The largest absolute Gasteiger partial charge is 0.487 e. The summed E-state index contributed by atoms with van der Waals surface area (Å²) in [6.45, 7) is 0.173. The number of rotatable bonds is 4. The van der Waals surface area contributed by atoms with Crippen LogP contribution >= 0.6 is 15.9 Å². The van der Waals surface area contributed by atoms with Gasteiger partial charge in [0.25, 0.3) is 0 Å². The van der Waals surface area contributed by atoms with Crippen molar-refractivity contribution in [3.8, 4) is 5.75 Å². The van der Waals surface area contributed by atoms with Crippen LogP contribution in [0.2, 0.25) is 0 Å². The minimum absolute atomic E-state index is 0.173. The summed E-state index contributed by atoms with van der Waals surface area (Å²) >= 11 is 3.29. The summed E-state index contributed by atoms with van der Waals surface area (Å²) in [5, 5.41) is 0.677. The fourth-order valence-electron chi connectivity index (χ4n) is 1.37. The minimum atomic E-state index is -0.871. The van der Waals surface area contributed by atoms with Crippen molar-refractivity contribution in [2.24, 2.45) is 0 Å². The first-order valence-corrected chi connectivity index (χ1v) is 6.39. The van der Waals surface area contributed by atoms with Gasteiger partial charge in [0.1, 0.15) is 12.4 Å². The Morgan fingerprint density at radius 3 is 2.56 bits per heavy atom. The molecular formula is C13H10BrF2NO. The molecule has 0 aliphatic heterocycles. The van der Waals surface area contributed by atoms with Gasteiger partial charge in [-0.3, -0.25) is 4.98 Å². The van der Waals surface area contributed by atoms with Gasteiger partial charge in [0.2, 0.25) is 0 Å². The molecule has 2 rings (SSSR count). The summed E-state index contributed by atoms with van der Waals surface area (Å²) in [6.07, 6.45) is 1.59. The van der Waals surface area contributed by atoms with Gasteiger partial charge in [-0.1, -0.05) is 22.0 Å². The Labute approximate surface area is 112 Å². The molecule has 0 bridgehead atoms. The summed E-state index contributed by atoms with van der Waals surface area (Å²) in [5.41, 5.74) is 1.47. The van der Waals surface area contributed by atoms with Crippen molar-refractivity contribution in [3.05, 3.63) is 59.4 Å². The molecule has 0 saturated heterocycles.